The lowest BCUT2D eigenvalue weighted by molar-refractivity contribution is -0.00851. The summed E-state index contributed by atoms with van der Waals surface area (Å²) in [7, 11) is 1.60. The van der Waals surface area contributed by atoms with E-state index < -0.39 is 24.1 Å². The molecule has 0 bridgehead atoms. The first-order valence-electron chi connectivity index (χ1n) is 11.9. The van der Waals surface area contributed by atoms with Crippen molar-refractivity contribution in [1.29, 1.82) is 0 Å². The Kier molecular flexibility index (Phi) is 9.34. The van der Waals surface area contributed by atoms with Crippen molar-refractivity contribution >= 4 is 17.7 Å². The zero-order valence-corrected chi connectivity index (χ0v) is 20.6. The number of carbonyl (C=O) groups is 2. The largest absolute Gasteiger partial charge is 0.468 e. The molecule has 0 fully saturated rings. The summed E-state index contributed by atoms with van der Waals surface area (Å²) in [6, 6.07) is 22.7. The van der Waals surface area contributed by atoms with E-state index in [4.69, 9.17) is 23.7 Å². The van der Waals surface area contributed by atoms with E-state index in [2.05, 4.69) is 10.6 Å². The summed E-state index contributed by atoms with van der Waals surface area (Å²) in [5.74, 6) is 0.130. The molecule has 37 heavy (non-hydrogen) atoms. The van der Waals surface area contributed by atoms with E-state index in [1.165, 1.54) is 0 Å². The highest BCUT2D eigenvalue weighted by atomic mass is 16.7. The van der Waals surface area contributed by atoms with Crippen LogP contribution in [0.2, 0.25) is 0 Å². The van der Waals surface area contributed by atoms with Crippen LogP contribution in [-0.4, -0.2) is 51.8 Å². The minimum absolute atomic E-state index is 0.0301. The Morgan fingerprint density at radius 1 is 0.919 bits per heavy atom. The molecule has 3 aromatic carbocycles. The first-order valence-corrected chi connectivity index (χ1v) is 11.9. The second-order valence-electron chi connectivity index (χ2n) is 8.31. The molecule has 9 heteroatoms. The van der Waals surface area contributed by atoms with E-state index in [9.17, 15) is 9.59 Å². The number of hydrogen-bond donors (Lipinski definition) is 2. The summed E-state index contributed by atoms with van der Waals surface area (Å²) in [5.41, 5.74) is 2.91. The molecule has 2 N–H and O–H groups in total. The molecule has 0 saturated heterocycles. The van der Waals surface area contributed by atoms with Gasteiger partial charge in [-0.1, -0.05) is 48.5 Å². The van der Waals surface area contributed by atoms with Crippen LogP contribution >= 0.6 is 0 Å². The number of anilines is 1. The SMILES string of the molecule is COCCOCOc1ccc2c(c1)[C@H](NC(=O)OCc1ccccc1)[C@@H](COC(=O)c1ccccc1)N2. The third kappa shape index (κ3) is 7.45. The molecule has 194 valence electrons. The lowest BCUT2D eigenvalue weighted by Crippen LogP contribution is -2.39. The van der Waals surface area contributed by atoms with Crippen molar-refractivity contribution < 1.29 is 33.3 Å². The normalized spacial score (nSPS) is 15.8. The minimum Gasteiger partial charge on any atom is -0.468 e. The second-order valence-corrected chi connectivity index (χ2v) is 8.31. The van der Waals surface area contributed by atoms with Crippen LogP contribution in [0.4, 0.5) is 10.5 Å². The Morgan fingerprint density at radius 3 is 2.43 bits per heavy atom. The number of fused-ring (bicyclic) bond motifs is 1. The predicted octanol–water partition coefficient (Wildman–Crippen LogP) is 4.30. The van der Waals surface area contributed by atoms with E-state index in [1.54, 1.807) is 37.4 Å². The Bertz CT molecular complexity index is 1160. The molecule has 0 radical (unpaired) electrons. The van der Waals surface area contributed by atoms with E-state index in [1.807, 2.05) is 48.5 Å². The number of nitrogens with one attached hydrogen (secondary N) is 2. The van der Waals surface area contributed by atoms with Crippen molar-refractivity contribution in [3.63, 3.8) is 0 Å². The number of alkyl carbamates (subject to hydrolysis) is 1. The molecule has 9 nitrogen and oxygen atoms in total. The van der Waals surface area contributed by atoms with Gasteiger partial charge in [0.15, 0.2) is 6.79 Å². The monoisotopic (exact) mass is 506 g/mol. The number of esters is 1. The first kappa shape index (κ1) is 26.0. The fourth-order valence-corrected chi connectivity index (χ4v) is 3.86. The molecule has 3 aromatic rings. The minimum atomic E-state index is -0.586. The molecule has 0 saturated carbocycles. The first-order chi connectivity index (χ1) is 18.1. The van der Waals surface area contributed by atoms with Crippen molar-refractivity contribution in [2.75, 3.05) is 39.0 Å². The van der Waals surface area contributed by atoms with Gasteiger partial charge in [0, 0.05) is 18.4 Å². The van der Waals surface area contributed by atoms with Gasteiger partial charge in [-0.15, -0.1) is 0 Å². The van der Waals surface area contributed by atoms with E-state index >= 15 is 0 Å². The third-order valence-corrected chi connectivity index (χ3v) is 5.73. The van der Waals surface area contributed by atoms with Crippen LogP contribution in [0.3, 0.4) is 0 Å². The number of carbonyl (C=O) groups excluding carboxylic acids is 2. The van der Waals surface area contributed by atoms with Crippen molar-refractivity contribution in [3.8, 4) is 5.75 Å². The zero-order chi connectivity index (χ0) is 25.9. The lowest BCUT2D eigenvalue weighted by Gasteiger charge is -2.21. The van der Waals surface area contributed by atoms with Crippen LogP contribution in [0.15, 0.2) is 78.9 Å². The Morgan fingerprint density at radius 2 is 1.68 bits per heavy atom. The van der Waals surface area contributed by atoms with Gasteiger partial charge >= 0.3 is 12.1 Å². The van der Waals surface area contributed by atoms with E-state index in [0.717, 1.165) is 16.8 Å². The summed E-state index contributed by atoms with van der Waals surface area (Å²) in [5, 5.41) is 6.24. The Balaban J connectivity index is 1.43. The quantitative estimate of drug-likeness (QED) is 0.213. The topological polar surface area (TPSA) is 104 Å². The van der Waals surface area contributed by atoms with Crippen molar-refractivity contribution in [2.24, 2.45) is 0 Å². The van der Waals surface area contributed by atoms with Gasteiger partial charge in [-0.2, -0.15) is 0 Å². The molecule has 0 spiro atoms. The molecule has 1 aliphatic heterocycles. The lowest BCUT2D eigenvalue weighted by atomic mass is 10.0. The maximum Gasteiger partial charge on any atom is 0.408 e. The van der Waals surface area contributed by atoms with Gasteiger partial charge in [0.1, 0.15) is 19.0 Å². The predicted molar refractivity (Wildman–Crippen MR) is 136 cm³/mol. The molecular formula is C28H30N2O7. The van der Waals surface area contributed by atoms with Crippen LogP contribution in [0.5, 0.6) is 5.75 Å². The standard InChI is InChI=1S/C28H30N2O7/c1-33-14-15-34-19-37-22-12-13-24-23(16-22)26(30-28(32)36-17-20-8-4-2-5-9-20)25(29-24)18-35-27(31)21-10-6-3-7-11-21/h2-13,16,25-26,29H,14-15,17-19H2,1H3,(H,30,32)/t25-,26+/m1/s1. The van der Waals surface area contributed by atoms with Gasteiger partial charge in [-0.05, 0) is 35.9 Å². The fraction of sp³-hybridized carbons (Fsp3) is 0.286. The summed E-state index contributed by atoms with van der Waals surface area (Å²) in [6.07, 6.45) is -0.586. The molecule has 1 heterocycles. The van der Waals surface area contributed by atoms with Gasteiger partial charge in [0.05, 0.1) is 30.9 Å². The molecular weight excluding hydrogens is 476 g/mol. The summed E-state index contributed by atoms with van der Waals surface area (Å²) < 4.78 is 27.0. The fourth-order valence-electron chi connectivity index (χ4n) is 3.86. The zero-order valence-electron chi connectivity index (χ0n) is 20.6. The van der Waals surface area contributed by atoms with Gasteiger partial charge < -0.3 is 34.3 Å². The molecule has 0 unspecified atom stereocenters. The average Bonchev–Trinajstić information content (AvgIpc) is 3.27. The van der Waals surface area contributed by atoms with Crippen LogP contribution in [0.1, 0.15) is 27.5 Å². The van der Waals surface area contributed by atoms with Gasteiger partial charge in [0.2, 0.25) is 0 Å². The molecule has 2 atom stereocenters. The molecule has 1 amide bonds. The van der Waals surface area contributed by atoms with Gasteiger partial charge in [-0.3, -0.25) is 0 Å². The molecule has 1 aliphatic rings. The van der Waals surface area contributed by atoms with Crippen molar-refractivity contribution in [2.45, 2.75) is 18.7 Å². The smallest absolute Gasteiger partial charge is 0.408 e. The summed E-state index contributed by atoms with van der Waals surface area (Å²) >= 11 is 0. The van der Waals surface area contributed by atoms with Gasteiger partial charge in [-0.25, -0.2) is 9.59 Å². The highest BCUT2D eigenvalue weighted by Gasteiger charge is 2.35. The van der Waals surface area contributed by atoms with Crippen LogP contribution in [0.25, 0.3) is 0 Å². The summed E-state index contributed by atoms with van der Waals surface area (Å²) in [6.45, 7) is 1.11. The Hall–Kier alpha value is -4.08. The number of benzene rings is 3. The highest BCUT2D eigenvalue weighted by molar-refractivity contribution is 5.89. The third-order valence-electron chi connectivity index (χ3n) is 5.73. The van der Waals surface area contributed by atoms with Crippen molar-refractivity contribution in [3.05, 3.63) is 95.6 Å². The van der Waals surface area contributed by atoms with Gasteiger partial charge in [0.25, 0.3) is 0 Å². The number of amides is 1. The number of methoxy groups -OCH3 is 1. The van der Waals surface area contributed by atoms with E-state index in [0.29, 0.717) is 24.5 Å². The second kappa shape index (κ2) is 13.3. The summed E-state index contributed by atoms with van der Waals surface area (Å²) in [4.78, 5) is 25.2. The highest BCUT2D eigenvalue weighted by Crippen LogP contribution is 2.37. The number of rotatable bonds is 12. The maximum atomic E-state index is 12.7. The van der Waals surface area contributed by atoms with E-state index in [-0.39, 0.29) is 20.0 Å². The molecule has 0 aromatic heterocycles. The average molecular weight is 507 g/mol. The number of hydrogen-bond acceptors (Lipinski definition) is 8. The van der Waals surface area contributed by atoms with Crippen LogP contribution in [-0.2, 0) is 25.6 Å². The Labute approximate surface area is 215 Å². The number of ether oxygens (including phenoxy) is 5. The van der Waals surface area contributed by atoms with Crippen LogP contribution < -0.4 is 15.4 Å². The maximum absolute atomic E-state index is 12.7. The van der Waals surface area contributed by atoms with Crippen molar-refractivity contribution in [1.82, 2.24) is 5.32 Å². The molecule has 0 aliphatic carbocycles. The van der Waals surface area contributed by atoms with Crippen LogP contribution in [0, 0.1) is 0 Å². The molecule has 4 rings (SSSR count).